The second-order valence-electron chi connectivity index (χ2n) is 16.2. The Kier molecular flexibility index (Phi) is 31.2. The number of aliphatic hydroxyl groups is 7. The molecule has 0 aromatic heterocycles. The quantitative estimate of drug-likeness (QED) is 0.0252. The second kappa shape index (κ2) is 34.8. The Morgan fingerprint density at radius 1 is 0.532 bits per heavy atom. The van der Waals surface area contributed by atoms with Crippen LogP contribution in [0.15, 0.2) is 48.6 Å². The Bertz CT molecular complexity index is 1270. The van der Waals surface area contributed by atoms with Crippen molar-refractivity contribution < 1.29 is 73.8 Å². The first kappa shape index (κ1) is 55.6. The Balaban J connectivity index is 1.86. The van der Waals surface area contributed by atoms with E-state index in [0.29, 0.717) is 12.8 Å². The molecule has 4 unspecified atom stereocenters. The summed E-state index contributed by atoms with van der Waals surface area (Å²) in [5, 5.41) is 71.9. The minimum atomic E-state index is -1.77. The van der Waals surface area contributed by atoms with Crippen molar-refractivity contribution in [3.63, 3.8) is 0 Å². The van der Waals surface area contributed by atoms with E-state index in [-0.39, 0.29) is 19.4 Å². The molecule has 7 N–H and O–H groups in total. The van der Waals surface area contributed by atoms with Crippen LogP contribution in [-0.2, 0) is 38.0 Å². The van der Waals surface area contributed by atoms with E-state index < -0.39 is 99.3 Å². The van der Waals surface area contributed by atoms with Gasteiger partial charge in [0, 0.05) is 12.8 Å². The topological polar surface area (TPSA) is 231 Å². The van der Waals surface area contributed by atoms with Crippen molar-refractivity contribution in [2.45, 2.75) is 210 Å². The smallest absolute Gasteiger partial charge is 0.306 e. The van der Waals surface area contributed by atoms with Crippen LogP contribution in [0.5, 0.6) is 0 Å². The molecule has 0 amide bonds. The molecule has 0 bridgehead atoms. The number of allylic oxidation sites excluding steroid dienone is 8. The molecule has 0 aromatic carbocycles. The number of hydrogen-bond acceptors (Lipinski definition) is 15. The maximum absolute atomic E-state index is 12.9. The fraction of sp³-hybridized carbons (Fsp3) is 0.787. The van der Waals surface area contributed by atoms with Crippen LogP contribution in [0.25, 0.3) is 0 Å². The molecule has 2 aliphatic heterocycles. The number of carbonyl (C=O) groups is 2. The molecule has 15 nitrogen and oxygen atoms in total. The first-order valence-corrected chi connectivity index (χ1v) is 23.2. The third kappa shape index (κ3) is 23.4. The first-order chi connectivity index (χ1) is 30.0. The number of rotatable bonds is 34. The van der Waals surface area contributed by atoms with Gasteiger partial charge in [0.25, 0.3) is 0 Å². The van der Waals surface area contributed by atoms with Gasteiger partial charge < -0.3 is 64.2 Å². The lowest BCUT2D eigenvalue weighted by molar-refractivity contribution is -0.332. The first-order valence-electron chi connectivity index (χ1n) is 23.2. The van der Waals surface area contributed by atoms with Crippen molar-refractivity contribution in [3.05, 3.63) is 48.6 Å². The molecule has 11 atom stereocenters. The molecule has 0 spiro atoms. The van der Waals surface area contributed by atoms with Crippen molar-refractivity contribution >= 4 is 11.9 Å². The number of ether oxygens (including phenoxy) is 6. The van der Waals surface area contributed by atoms with Gasteiger partial charge in [-0.3, -0.25) is 9.59 Å². The van der Waals surface area contributed by atoms with E-state index in [1.54, 1.807) is 0 Å². The number of carbonyl (C=O) groups excluding carboxylic acids is 2. The second-order valence-corrected chi connectivity index (χ2v) is 16.2. The molecule has 2 aliphatic rings. The monoisotopic (exact) mass is 885 g/mol. The minimum absolute atomic E-state index is 0.142. The van der Waals surface area contributed by atoms with Crippen LogP contribution in [0, 0.1) is 0 Å². The van der Waals surface area contributed by atoms with Gasteiger partial charge in [0.05, 0.1) is 19.8 Å². The van der Waals surface area contributed by atoms with E-state index in [4.69, 9.17) is 28.4 Å². The van der Waals surface area contributed by atoms with Crippen molar-refractivity contribution in [1.82, 2.24) is 0 Å². The molecular weight excluding hydrogens is 805 g/mol. The van der Waals surface area contributed by atoms with Crippen LogP contribution in [-0.4, -0.2) is 142 Å². The largest absolute Gasteiger partial charge is 0.462 e. The van der Waals surface area contributed by atoms with Crippen LogP contribution in [0.4, 0.5) is 0 Å². The average Bonchev–Trinajstić information content (AvgIpc) is 3.26. The third-order valence-electron chi connectivity index (χ3n) is 10.8. The van der Waals surface area contributed by atoms with Gasteiger partial charge in [0.2, 0.25) is 0 Å². The summed E-state index contributed by atoms with van der Waals surface area (Å²) in [4.78, 5) is 25.6. The van der Waals surface area contributed by atoms with E-state index in [1.807, 2.05) is 0 Å². The van der Waals surface area contributed by atoms with E-state index in [2.05, 4.69) is 62.5 Å². The number of aliphatic hydroxyl groups excluding tert-OH is 7. The lowest BCUT2D eigenvalue weighted by Gasteiger charge is -2.42. The summed E-state index contributed by atoms with van der Waals surface area (Å²) in [5.41, 5.74) is 0. The van der Waals surface area contributed by atoms with E-state index in [1.165, 1.54) is 12.8 Å². The highest BCUT2D eigenvalue weighted by atomic mass is 16.7. The van der Waals surface area contributed by atoms with Crippen LogP contribution in [0.1, 0.15) is 142 Å². The molecule has 15 heteroatoms. The molecule has 358 valence electrons. The molecule has 0 saturated carbocycles. The summed E-state index contributed by atoms with van der Waals surface area (Å²) in [5.74, 6) is -0.962. The predicted octanol–water partition coefficient (Wildman–Crippen LogP) is 5.15. The zero-order valence-corrected chi connectivity index (χ0v) is 37.3. The van der Waals surface area contributed by atoms with Gasteiger partial charge in [-0.1, -0.05) is 114 Å². The summed E-state index contributed by atoms with van der Waals surface area (Å²) in [6.45, 7) is 2.38. The SMILES string of the molecule is CC/C=C/C/C=C/C/C=C/CCCCCCCC(=O)O[C@H](COC(=O)CCCCCCC/C=C/CCCC)CO[C@@H]1O[C@H](CO[C@@H]2O[C@H](CO)[C@H](O)C(O)C2O)[C@H](O)C(O)C1O. The van der Waals surface area contributed by atoms with Gasteiger partial charge in [-0.2, -0.15) is 0 Å². The van der Waals surface area contributed by atoms with Gasteiger partial charge in [0.1, 0.15) is 55.4 Å². The number of hydrogen-bond donors (Lipinski definition) is 7. The zero-order valence-electron chi connectivity index (χ0n) is 37.3. The van der Waals surface area contributed by atoms with Gasteiger partial charge in [-0.25, -0.2) is 0 Å². The molecule has 62 heavy (non-hydrogen) atoms. The van der Waals surface area contributed by atoms with Gasteiger partial charge >= 0.3 is 11.9 Å². The van der Waals surface area contributed by atoms with Crippen LogP contribution in [0.2, 0.25) is 0 Å². The van der Waals surface area contributed by atoms with Gasteiger partial charge in [-0.15, -0.1) is 0 Å². The Hall–Kier alpha value is -2.54. The van der Waals surface area contributed by atoms with Crippen molar-refractivity contribution in [2.75, 3.05) is 26.4 Å². The van der Waals surface area contributed by atoms with Crippen molar-refractivity contribution in [3.8, 4) is 0 Å². The van der Waals surface area contributed by atoms with Crippen LogP contribution >= 0.6 is 0 Å². The van der Waals surface area contributed by atoms with Gasteiger partial charge in [0.15, 0.2) is 18.7 Å². The number of esters is 2. The van der Waals surface area contributed by atoms with E-state index in [9.17, 15) is 45.3 Å². The molecule has 0 aliphatic carbocycles. The molecular formula is C47H80O15. The molecule has 0 radical (unpaired) electrons. The molecule has 0 aromatic rings. The highest BCUT2D eigenvalue weighted by molar-refractivity contribution is 5.70. The lowest BCUT2D eigenvalue weighted by atomic mass is 9.98. The summed E-state index contributed by atoms with van der Waals surface area (Å²) in [6, 6.07) is 0. The van der Waals surface area contributed by atoms with E-state index >= 15 is 0 Å². The maximum Gasteiger partial charge on any atom is 0.306 e. The normalized spacial score (nSPS) is 27.5. The average molecular weight is 885 g/mol. The molecule has 2 saturated heterocycles. The standard InChI is InChI=1S/C47H80O15/c1-3-5-7-9-11-13-15-16-17-18-20-22-24-26-28-30-39(50)60-35(32-57-38(49)29-27-25-23-21-19-14-12-10-8-6-4-2)33-58-46-45(56)43(54)41(52)37(62-46)34-59-47-44(55)42(53)40(51)36(31-48)61-47/h5,7,10-13,16-17,35-37,40-48,51-56H,3-4,6,8-9,14-15,18-34H2,1-2H3/b7-5+,12-10+,13-11+,17-16+/t35-,36-,37-,40+,41+,42?,43?,44?,45?,46-,47-/m1/s1. The minimum Gasteiger partial charge on any atom is -0.462 e. The van der Waals surface area contributed by atoms with Crippen LogP contribution < -0.4 is 0 Å². The molecule has 2 heterocycles. The Labute approximate surface area is 369 Å². The summed E-state index contributed by atoms with van der Waals surface area (Å²) in [7, 11) is 0. The fourth-order valence-electron chi connectivity index (χ4n) is 6.92. The molecule has 2 rings (SSSR count). The Morgan fingerprint density at radius 3 is 1.61 bits per heavy atom. The predicted molar refractivity (Wildman–Crippen MR) is 233 cm³/mol. The van der Waals surface area contributed by atoms with Crippen molar-refractivity contribution in [2.24, 2.45) is 0 Å². The maximum atomic E-state index is 12.9. The number of unbranched alkanes of at least 4 members (excludes halogenated alkanes) is 12. The zero-order chi connectivity index (χ0) is 45.4. The Morgan fingerprint density at radius 2 is 1.02 bits per heavy atom. The van der Waals surface area contributed by atoms with E-state index in [0.717, 1.165) is 89.9 Å². The fourth-order valence-corrected chi connectivity index (χ4v) is 6.92. The molecule has 2 fully saturated rings. The summed E-state index contributed by atoms with van der Waals surface area (Å²) < 4.78 is 33.4. The highest BCUT2D eigenvalue weighted by Crippen LogP contribution is 2.26. The highest BCUT2D eigenvalue weighted by Gasteiger charge is 2.47. The summed E-state index contributed by atoms with van der Waals surface area (Å²) in [6.07, 6.45) is 18.7. The third-order valence-corrected chi connectivity index (χ3v) is 10.8. The van der Waals surface area contributed by atoms with Gasteiger partial charge in [-0.05, 0) is 64.2 Å². The van der Waals surface area contributed by atoms with Crippen molar-refractivity contribution in [1.29, 1.82) is 0 Å². The van der Waals surface area contributed by atoms with Crippen LogP contribution in [0.3, 0.4) is 0 Å². The summed E-state index contributed by atoms with van der Waals surface area (Å²) >= 11 is 0. The lowest BCUT2D eigenvalue weighted by Crippen LogP contribution is -2.61.